The van der Waals surface area contributed by atoms with Gasteiger partial charge in [0.2, 0.25) is 0 Å². The van der Waals surface area contributed by atoms with Crippen LogP contribution in [0.1, 0.15) is 41.0 Å². The van der Waals surface area contributed by atoms with Gasteiger partial charge in [0.15, 0.2) is 0 Å². The molecule has 2 aromatic rings. The highest BCUT2D eigenvalue weighted by molar-refractivity contribution is 5.95. The van der Waals surface area contributed by atoms with Crippen molar-refractivity contribution in [1.29, 1.82) is 0 Å². The molecule has 1 N–H and O–H groups in total. The van der Waals surface area contributed by atoms with Crippen LogP contribution in [0, 0.1) is 0 Å². The van der Waals surface area contributed by atoms with Gasteiger partial charge in [0.1, 0.15) is 23.5 Å². The Bertz CT molecular complexity index is 844. The lowest BCUT2D eigenvalue weighted by Crippen LogP contribution is -2.42. The van der Waals surface area contributed by atoms with E-state index in [2.05, 4.69) is 20.4 Å². The predicted molar refractivity (Wildman–Crippen MR) is 87.7 cm³/mol. The molecule has 3 rings (SSSR count). The lowest BCUT2D eigenvalue weighted by molar-refractivity contribution is -0.141. The van der Waals surface area contributed by atoms with Gasteiger partial charge in [0.05, 0.1) is 5.56 Å². The van der Waals surface area contributed by atoms with Gasteiger partial charge in [-0.1, -0.05) is 0 Å². The number of anilines is 1. The first-order valence-electron chi connectivity index (χ1n) is 8.42. The molecule has 1 aliphatic heterocycles. The van der Waals surface area contributed by atoms with Gasteiger partial charge in [-0.3, -0.25) is 9.48 Å². The number of halogens is 5. The van der Waals surface area contributed by atoms with Gasteiger partial charge in [0.25, 0.3) is 12.3 Å². The number of aryl methyl sites for hydroxylation is 1. The van der Waals surface area contributed by atoms with Crippen LogP contribution in [0.4, 0.5) is 27.8 Å². The summed E-state index contributed by atoms with van der Waals surface area (Å²) >= 11 is 0. The summed E-state index contributed by atoms with van der Waals surface area (Å²) in [5.41, 5.74) is -1.75. The van der Waals surface area contributed by atoms with Crippen molar-refractivity contribution >= 4 is 11.7 Å². The molecule has 1 amide bonds. The number of nitrogens with one attached hydrogen (secondary N) is 1. The number of amides is 1. The van der Waals surface area contributed by atoms with Gasteiger partial charge in [-0.25, -0.2) is 18.7 Å². The van der Waals surface area contributed by atoms with E-state index in [1.54, 1.807) is 0 Å². The Hall–Kier alpha value is -2.79. The van der Waals surface area contributed by atoms with E-state index in [1.807, 2.05) is 0 Å². The fourth-order valence-corrected chi connectivity index (χ4v) is 3.03. The molecular weight excluding hydrogens is 387 g/mol. The minimum atomic E-state index is -4.57. The van der Waals surface area contributed by atoms with Gasteiger partial charge < -0.3 is 10.2 Å². The minimum Gasteiger partial charge on any atom is -0.367 e. The summed E-state index contributed by atoms with van der Waals surface area (Å²) in [7, 11) is 1.45. The van der Waals surface area contributed by atoms with Gasteiger partial charge in [0, 0.05) is 38.4 Å². The summed E-state index contributed by atoms with van der Waals surface area (Å²) in [4.78, 5) is 20.9. The van der Waals surface area contributed by atoms with Crippen molar-refractivity contribution in [2.24, 2.45) is 7.05 Å². The van der Waals surface area contributed by atoms with Crippen LogP contribution in [0.15, 0.2) is 18.6 Å². The number of carbonyl (C=O) groups excluding carboxylic acids is 1. The summed E-state index contributed by atoms with van der Waals surface area (Å²) in [6.07, 6.45) is -4.48. The van der Waals surface area contributed by atoms with Crippen molar-refractivity contribution in [3.8, 4) is 0 Å². The van der Waals surface area contributed by atoms with E-state index in [9.17, 15) is 26.7 Å². The highest BCUT2D eigenvalue weighted by Crippen LogP contribution is 2.29. The second kappa shape index (κ2) is 7.68. The Morgan fingerprint density at radius 1 is 1.25 bits per heavy atom. The number of likely N-dealkylation sites (tertiary alicyclic amines) is 1. The number of piperidine rings is 1. The van der Waals surface area contributed by atoms with Crippen LogP contribution in [0.3, 0.4) is 0 Å². The molecule has 0 aromatic carbocycles. The lowest BCUT2D eigenvalue weighted by atomic mass is 10.0. The molecule has 1 fully saturated rings. The minimum absolute atomic E-state index is 0.0411. The lowest BCUT2D eigenvalue weighted by Gasteiger charge is -2.32. The number of aromatic nitrogens is 4. The van der Waals surface area contributed by atoms with Gasteiger partial charge in [-0.2, -0.15) is 18.3 Å². The maximum absolute atomic E-state index is 13.0. The van der Waals surface area contributed by atoms with Crippen molar-refractivity contribution in [3.63, 3.8) is 0 Å². The van der Waals surface area contributed by atoms with Crippen molar-refractivity contribution in [3.05, 3.63) is 35.5 Å². The number of hydrogen-bond acceptors (Lipinski definition) is 5. The first-order valence-corrected chi connectivity index (χ1v) is 8.42. The average Bonchev–Trinajstić information content (AvgIpc) is 3.03. The summed E-state index contributed by atoms with van der Waals surface area (Å²) in [6.45, 7) is 0.538. The van der Waals surface area contributed by atoms with E-state index < -0.39 is 29.9 Å². The second-order valence-corrected chi connectivity index (χ2v) is 6.40. The molecule has 12 heteroatoms. The summed E-state index contributed by atoms with van der Waals surface area (Å²) < 4.78 is 65.4. The third-order valence-electron chi connectivity index (χ3n) is 4.39. The number of nitrogens with zero attached hydrogens (tertiary/aromatic N) is 5. The second-order valence-electron chi connectivity index (χ2n) is 6.40. The molecule has 0 spiro atoms. The molecule has 0 atom stereocenters. The number of rotatable bonds is 4. The third kappa shape index (κ3) is 4.37. The van der Waals surface area contributed by atoms with Crippen LogP contribution in [0.2, 0.25) is 0 Å². The van der Waals surface area contributed by atoms with E-state index in [0.717, 1.165) is 17.1 Å². The average molecular weight is 404 g/mol. The summed E-state index contributed by atoms with van der Waals surface area (Å²) in [5, 5.41) is 6.53. The highest BCUT2D eigenvalue weighted by atomic mass is 19.4. The van der Waals surface area contributed by atoms with Crippen LogP contribution in [-0.2, 0) is 13.2 Å². The van der Waals surface area contributed by atoms with Gasteiger partial charge in [-0.15, -0.1) is 0 Å². The van der Waals surface area contributed by atoms with Crippen LogP contribution in [0.5, 0.6) is 0 Å². The monoisotopic (exact) mass is 404 g/mol. The van der Waals surface area contributed by atoms with Crippen molar-refractivity contribution in [1.82, 2.24) is 24.6 Å². The van der Waals surface area contributed by atoms with Crippen molar-refractivity contribution < 1.29 is 26.7 Å². The largest absolute Gasteiger partial charge is 0.433 e. The van der Waals surface area contributed by atoms with Crippen LogP contribution in [0.25, 0.3) is 0 Å². The van der Waals surface area contributed by atoms with Crippen molar-refractivity contribution in [2.75, 3.05) is 18.4 Å². The first-order chi connectivity index (χ1) is 13.1. The number of hydrogen-bond donors (Lipinski definition) is 1. The maximum Gasteiger partial charge on any atom is 0.433 e. The third-order valence-corrected chi connectivity index (χ3v) is 4.39. The smallest absolute Gasteiger partial charge is 0.367 e. The molecule has 0 radical (unpaired) electrons. The van der Waals surface area contributed by atoms with Crippen LogP contribution >= 0.6 is 0 Å². The fourth-order valence-electron chi connectivity index (χ4n) is 3.03. The molecule has 152 valence electrons. The summed E-state index contributed by atoms with van der Waals surface area (Å²) in [5.74, 6) is -0.498. The molecule has 7 nitrogen and oxygen atoms in total. The molecule has 2 aromatic heterocycles. The molecule has 0 unspecified atom stereocenters. The predicted octanol–water partition coefficient (Wildman–Crippen LogP) is 2.88. The topological polar surface area (TPSA) is 75.9 Å². The van der Waals surface area contributed by atoms with Gasteiger partial charge >= 0.3 is 6.18 Å². The molecule has 0 aliphatic carbocycles. The standard InChI is InChI=1S/C16H17F5N6O/c1-26-7-10(13(25-26)14(17)18)15(28)27-4-2-9(3-5-27)24-12-6-11(16(19,20)21)22-8-23-12/h6-9,14H,2-5H2,1H3,(H,22,23,24). The molecule has 0 bridgehead atoms. The number of alkyl halides is 5. The Morgan fingerprint density at radius 3 is 2.54 bits per heavy atom. The Balaban J connectivity index is 1.61. The highest BCUT2D eigenvalue weighted by Gasteiger charge is 2.33. The van der Waals surface area contributed by atoms with E-state index in [4.69, 9.17) is 0 Å². The van der Waals surface area contributed by atoms with E-state index in [1.165, 1.54) is 18.1 Å². The van der Waals surface area contributed by atoms with E-state index >= 15 is 0 Å². The zero-order valence-electron chi connectivity index (χ0n) is 14.7. The maximum atomic E-state index is 13.0. The van der Waals surface area contributed by atoms with E-state index in [0.29, 0.717) is 12.8 Å². The summed E-state index contributed by atoms with van der Waals surface area (Å²) in [6, 6.07) is 0.616. The Labute approximate surface area is 156 Å². The zero-order chi connectivity index (χ0) is 20.5. The molecule has 0 saturated carbocycles. The van der Waals surface area contributed by atoms with Crippen molar-refractivity contribution in [2.45, 2.75) is 31.5 Å². The first kappa shape index (κ1) is 20.0. The fraction of sp³-hybridized carbons (Fsp3) is 0.500. The molecule has 3 heterocycles. The molecule has 28 heavy (non-hydrogen) atoms. The van der Waals surface area contributed by atoms with Gasteiger partial charge in [-0.05, 0) is 12.8 Å². The number of carbonyl (C=O) groups is 1. The zero-order valence-corrected chi connectivity index (χ0v) is 14.7. The Kier molecular flexibility index (Phi) is 5.47. The molecule has 1 aliphatic rings. The van der Waals surface area contributed by atoms with Crippen LogP contribution < -0.4 is 5.32 Å². The molecular formula is C16H17F5N6O. The quantitative estimate of drug-likeness (QED) is 0.794. The Morgan fingerprint density at radius 2 is 1.93 bits per heavy atom. The SMILES string of the molecule is Cn1cc(C(=O)N2CCC(Nc3cc(C(F)(F)F)ncn3)CC2)c(C(F)F)n1. The van der Waals surface area contributed by atoms with E-state index in [-0.39, 0.29) is 30.5 Å². The molecule has 1 saturated heterocycles. The normalized spacial score (nSPS) is 15.9. The van der Waals surface area contributed by atoms with Crippen LogP contribution in [-0.4, -0.2) is 49.7 Å².